The highest BCUT2D eigenvalue weighted by molar-refractivity contribution is 5.76. The van der Waals surface area contributed by atoms with E-state index < -0.39 is 0 Å². The van der Waals surface area contributed by atoms with Gasteiger partial charge in [-0.15, -0.1) is 0 Å². The van der Waals surface area contributed by atoms with E-state index in [1.165, 1.54) is 19.3 Å². The Morgan fingerprint density at radius 2 is 1.67 bits per heavy atom. The summed E-state index contributed by atoms with van der Waals surface area (Å²) in [6.07, 6.45) is 7.94. The van der Waals surface area contributed by atoms with Crippen molar-refractivity contribution < 1.29 is 9.59 Å². The Balaban J connectivity index is 1.95. The molecule has 0 unspecified atom stereocenters. The quantitative estimate of drug-likeness (QED) is 0.482. The molecule has 1 aliphatic carbocycles. The van der Waals surface area contributed by atoms with Crippen LogP contribution < -0.4 is 21.3 Å². The lowest BCUT2D eigenvalue weighted by molar-refractivity contribution is -0.121. The number of urea groups is 1. The lowest BCUT2D eigenvalue weighted by Crippen LogP contribution is -2.43. The first-order chi connectivity index (χ1) is 10.2. The molecule has 1 saturated carbocycles. The van der Waals surface area contributed by atoms with Crippen LogP contribution in [0.5, 0.6) is 0 Å². The molecule has 6 nitrogen and oxygen atoms in total. The molecular formula is C15H30N4O2. The summed E-state index contributed by atoms with van der Waals surface area (Å²) in [6.45, 7) is 2.15. The molecule has 0 heterocycles. The molecule has 0 aromatic heterocycles. The van der Waals surface area contributed by atoms with E-state index in [1.54, 1.807) is 0 Å². The SMILES string of the molecule is CNCCCNC(=O)CCCNC(=O)NC1CCCCC1. The van der Waals surface area contributed by atoms with Gasteiger partial charge in [0.05, 0.1) is 0 Å². The van der Waals surface area contributed by atoms with Gasteiger partial charge in [0.25, 0.3) is 0 Å². The number of carbonyl (C=O) groups excluding carboxylic acids is 2. The predicted molar refractivity (Wildman–Crippen MR) is 84.2 cm³/mol. The summed E-state index contributed by atoms with van der Waals surface area (Å²) in [5.41, 5.74) is 0. The molecule has 3 amide bonds. The van der Waals surface area contributed by atoms with E-state index in [0.29, 0.717) is 32.0 Å². The fourth-order valence-electron chi connectivity index (χ4n) is 2.52. The Kier molecular flexibility index (Phi) is 9.61. The maximum atomic E-state index is 11.7. The van der Waals surface area contributed by atoms with Gasteiger partial charge in [0.1, 0.15) is 0 Å². The van der Waals surface area contributed by atoms with Crippen molar-refractivity contribution in [3.63, 3.8) is 0 Å². The van der Waals surface area contributed by atoms with Crippen LogP contribution in [0.1, 0.15) is 51.4 Å². The molecule has 0 aromatic carbocycles. The van der Waals surface area contributed by atoms with Crippen LogP contribution in [-0.2, 0) is 4.79 Å². The highest BCUT2D eigenvalue weighted by atomic mass is 16.2. The van der Waals surface area contributed by atoms with Gasteiger partial charge in [-0.3, -0.25) is 4.79 Å². The molecule has 0 atom stereocenters. The zero-order chi connectivity index (χ0) is 15.3. The summed E-state index contributed by atoms with van der Waals surface area (Å²) in [7, 11) is 1.89. The average Bonchev–Trinajstić information content (AvgIpc) is 2.49. The van der Waals surface area contributed by atoms with Gasteiger partial charge < -0.3 is 21.3 Å². The summed E-state index contributed by atoms with van der Waals surface area (Å²) < 4.78 is 0. The van der Waals surface area contributed by atoms with Crippen molar-refractivity contribution in [1.29, 1.82) is 0 Å². The Morgan fingerprint density at radius 3 is 2.38 bits per heavy atom. The molecule has 21 heavy (non-hydrogen) atoms. The summed E-state index contributed by atoms with van der Waals surface area (Å²) in [5, 5.41) is 11.7. The van der Waals surface area contributed by atoms with E-state index in [0.717, 1.165) is 25.8 Å². The molecule has 0 bridgehead atoms. The Bertz CT molecular complexity index is 304. The topological polar surface area (TPSA) is 82.3 Å². The van der Waals surface area contributed by atoms with Gasteiger partial charge in [0.2, 0.25) is 5.91 Å². The summed E-state index contributed by atoms with van der Waals surface area (Å²) in [5.74, 6) is 0.0561. The molecular weight excluding hydrogens is 268 g/mol. The van der Waals surface area contributed by atoms with Crippen LogP contribution in [0.15, 0.2) is 0 Å². The second kappa shape index (κ2) is 11.4. The van der Waals surface area contributed by atoms with Crippen molar-refractivity contribution in [1.82, 2.24) is 21.3 Å². The van der Waals surface area contributed by atoms with E-state index in [4.69, 9.17) is 0 Å². The molecule has 0 radical (unpaired) electrons. The Morgan fingerprint density at radius 1 is 0.952 bits per heavy atom. The molecule has 1 rings (SSSR count). The molecule has 0 saturated heterocycles. The van der Waals surface area contributed by atoms with E-state index in [2.05, 4.69) is 21.3 Å². The zero-order valence-corrected chi connectivity index (χ0v) is 13.2. The first-order valence-corrected chi connectivity index (χ1v) is 8.18. The van der Waals surface area contributed by atoms with E-state index in [-0.39, 0.29) is 11.9 Å². The van der Waals surface area contributed by atoms with Crippen LogP contribution in [0, 0.1) is 0 Å². The van der Waals surface area contributed by atoms with Crippen LogP contribution in [0.3, 0.4) is 0 Å². The predicted octanol–water partition coefficient (Wildman–Crippen LogP) is 1.12. The van der Waals surface area contributed by atoms with Crippen molar-refractivity contribution in [3.05, 3.63) is 0 Å². The standard InChI is InChI=1S/C15H30N4O2/c1-16-10-6-12-17-14(20)9-5-11-18-15(21)19-13-7-3-2-4-8-13/h13,16H,2-12H2,1H3,(H,17,20)(H2,18,19,21). The van der Waals surface area contributed by atoms with Crippen LogP contribution in [0.4, 0.5) is 4.79 Å². The first kappa shape index (κ1) is 17.8. The van der Waals surface area contributed by atoms with E-state index in [9.17, 15) is 9.59 Å². The third-order valence-corrected chi connectivity index (χ3v) is 3.73. The minimum absolute atomic E-state index is 0.0561. The van der Waals surface area contributed by atoms with Gasteiger partial charge in [-0.2, -0.15) is 0 Å². The van der Waals surface area contributed by atoms with Gasteiger partial charge in [-0.1, -0.05) is 19.3 Å². The average molecular weight is 298 g/mol. The molecule has 0 aliphatic heterocycles. The number of hydrogen-bond donors (Lipinski definition) is 4. The van der Waals surface area contributed by atoms with Gasteiger partial charge in [0, 0.05) is 25.6 Å². The molecule has 6 heteroatoms. The van der Waals surface area contributed by atoms with Crippen molar-refractivity contribution >= 4 is 11.9 Å². The minimum Gasteiger partial charge on any atom is -0.356 e. The van der Waals surface area contributed by atoms with Crippen LogP contribution >= 0.6 is 0 Å². The second-order valence-electron chi connectivity index (χ2n) is 5.65. The van der Waals surface area contributed by atoms with Crippen LogP contribution in [0.25, 0.3) is 0 Å². The molecule has 0 aromatic rings. The van der Waals surface area contributed by atoms with Crippen molar-refractivity contribution in [2.75, 3.05) is 26.7 Å². The van der Waals surface area contributed by atoms with Crippen molar-refractivity contribution in [2.45, 2.75) is 57.4 Å². The summed E-state index contributed by atoms with van der Waals surface area (Å²) in [6, 6.07) is 0.227. The Hall–Kier alpha value is -1.30. The molecule has 122 valence electrons. The number of rotatable bonds is 9. The Labute approximate surface area is 127 Å². The summed E-state index contributed by atoms with van der Waals surface area (Å²) in [4.78, 5) is 23.2. The van der Waals surface area contributed by atoms with E-state index in [1.807, 2.05) is 7.05 Å². The summed E-state index contributed by atoms with van der Waals surface area (Å²) >= 11 is 0. The molecule has 0 spiro atoms. The number of hydrogen-bond acceptors (Lipinski definition) is 3. The maximum absolute atomic E-state index is 11.7. The van der Waals surface area contributed by atoms with Crippen LogP contribution in [0.2, 0.25) is 0 Å². The van der Waals surface area contributed by atoms with Crippen LogP contribution in [-0.4, -0.2) is 44.7 Å². The highest BCUT2D eigenvalue weighted by Gasteiger charge is 2.15. The van der Waals surface area contributed by atoms with Crippen molar-refractivity contribution in [3.8, 4) is 0 Å². The second-order valence-corrected chi connectivity index (χ2v) is 5.65. The number of nitrogens with one attached hydrogen (secondary N) is 4. The third kappa shape index (κ3) is 9.28. The largest absolute Gasteiger partial charge is 0.356 e. The van der Waals surface area contributed by atoms with Crippen molar-refractivity contribution in [2.24, 2.45) is 0 Å². The highest BCUT2D eigenvalue weighted by Crippen LogP contribution is 2.17. The fourth-order valence-corrected chi connectivity index (χ4v) is 2.52. The van der Waals surface area contributed by atoms with Gasteiger partial charge in [0.15, 0.2) is 0 Å². The fraction of sp³-hybridized carbons (Fsp3) is 0.867. The van der Waals surface area contributed by atoms with Gasteiger partial charge >= 0.3 is 6.03 Å². The molecule has 1 aliphatic rings. The molecule has 1 fully saturated rings. The maximum Gasteiger partial charge on any atom is 0.315 e. The zero-order valence-electron chi connectivity index (χ0n) is 13.2. The third-order valence-electron chi connectivity index (χ3n) is 3.73. The lowest BCUT2D eigenvalue weighted by atomic mass is 9.96. The van der Waals surface area contributed by atoms with E-state index >= 15 is 0 Å². The normalized spacial score (nSPS) is 15.5. The monoisotopic (exact) mass is 298 g/mol. The minimum atomic E-state index is -0.101. The first-order valence-electron chi connectivity index (χ1n) is 8.18. The van der Waals surface area contributed by atoms with Gasteiger partial charge in [-0.05, 0) is 39.3 Å². The number of amides is 3. The van der Waals surface area contributed by atoms with Gasteiger partial charge in [-0.25, -0.2) is 4.79 Å². The number of carbonyl (C=O) groups is 2. The molecule has 4 N–H and O–H groups in total. The lowest BCUT2D eigenvalue weighted by Gasteiger charge is -2.22. The smallest absolute Gasteiger partial charge is 0.315 e.